The van der Waals surface area contributed by atoms with Gasteiger partial charge in [-0.1, -0.05) is 24.3 Å². The number of methoxy groups -OCH3 is 2. The Morgan fingerprint density at radius 2 is 1.07 bits per heavy atom. The van der Waals surface area contributed by atoms with E-state index in [0.29, 0.717) is 86.7 Å². The van der Waals surface area contributed by atoms with E-state index in [4.69, 9.17) is 29.4 Å². The summed E-state index contributed by atoms with van der Waals surface area (Å²) in [7, 11) is 3.29. The molecule has 2 aromatic carbocycles. The number of aliphatic hydroxyl groups is 2. The Bertz CT molecular complexity index is 1400. The first-order valence-electron chi connectivity index (χ1n) is 14.2. The molecule has 0 saturated carbocycles. The summed E-state index contributed by atoms with van der Waals surface area (Å²) in [6, 6.07) is 15.7. The molecular weight excluding hydrogens is 536 g/mol. The minimum absolute atomic E-state index is 0.423. The maximum atomic E-state index is 10.2. The van der Waals surface area contributed by atoms with Crippen molar-refractivity contribution in [1.82, 2.24) is 19.9 Å². The third-order valence-electron chi connectivity index (χ3n) is 7.65. The highest BCUT2D eigenvalue weighted by Gasteiger charge is 2.27. The molecule has 2 aliphatic heterocycles. The van der Waals surface area contributed by atoms with E-state index in [1.165, 1.54) is 0 Å². The van der Waals surface area contributed by atoms with E-state index < -0.39 is 12.2 Å². The summed E-state index contributed by atoms with van der Waals surface area (Å²) in [5.74, 6) is 3.75. The number of fused-ring (bicyclic) bond motifs is 1. The molecule has 0 spiro atoms. The number of β-amino-alcohol motifs (C(OH)–C–C–N with tert-alkyl or cyclic N) is 2. The minimum atomic E-state index is -0.423. The molecular formula is C30H36N8O4. The molecule has 0 radical (unpaired) electrons. The summed E-state index contributed by atoms with van der Waals surface area (Å²) in [5.41, 5.74) is 3.26. The van der Waals surface area contributed by atoms with Crippen LogP contribution in [-0.2, 0) is 13.1 Å². The van der Waals surface area contributed by atoms with Crippen molar-refractivity contribution >= 4 is 34.6 Å². The Labute approximate surface area is 244 Å². The second-order valence-electron chi connectivity index (χ2n) is 10.6. The van der Waals surface area contributed by atoms with Gasteiger partial charge in [-0.15, -0.1) is 0 Å². The molecule has 42 heavy (non-hydrogen) atoms. The van der Waals surface area contributed by atoms with Crippen LogP contribution in [0.15, 0.2) is 48.5 Å². The van der Waals surface area contributed by atoms with Crippen LogP contribution in [0.4, 0.5) is 23.5 Å². The van der Waals surface area contributed by atoms with Crippen molar-refractivity contribution in [2.75, 3.05) is 60.8 Å². The molecule has 12 heteroatoms. The van der Waals surface area contributed by atoms with E-state index in [1.54, 1.807) is 14.2 Å². The molecule has 4 heterocycles. The standard InChI is InChI=1S/C30H36N8O4/c1-41-23-7-3-19(4-8-23)15-31-27-25-26(34-29(35-27)37-13-11-21(39)17-37)28(32-16-20-5-9-24(42-2)10-6-20)36-30(33-25)38-14-12-22(40)18-38/h3-10,21-22,39-40H,11-18H2,1-2H3,(H,31,34,35)(H,32,33,36)/t21-,22?/m1/s1. The number of ether oxygens (including phenoxy) is 2. The van der Waals surface area contributed by atoms with Crippen LogP contribution in [-0.4, -0.2) is 82.8 Å². The molecule has 4 N–H and O–H groups in total. The summed E-state index contributed by atoms with van der Waals surface area (Å²) in [6.07, 6.45) is 0.470. The normalized spacial score (nSPS) is 18.5. The van der Waals surface area contributed by atoms with Gasteiger partial charge in [-0.3, -0.25) is 0 Å². The van der Waals surface area contributed by atoms with Gasteiger partial charge in [0.15, 0.2) is 11.6 Å². The lowest BCUT2D eigenvalue weighted by Gasteiger charge is -2.21. The number of benzene rings is 2. The molecule has 1 unspecified atom stereocenters. The Hall–Kier alpha value is -4.42. The Morgan fingerprint density at radius 3 is 1.40 bits per heavy atom. The smallest absolute Gasteiger partial charge is 0.228 e. The fourth-order valence-electron chi connectivity index (χ4n) is 5.23. The van der Waals surface area contributed by atoms with Crippen molar-refractivity contribution < 1.29 is 19.7 Å². The van der Waals surface area contributed by atoms with Gasteiger partial charge in [0.25, 0.3) is 0 Å². The number of anilines is 4. The number of hydrogen-bond acceptors (Lipinski definition) is 12. The monoisotopic (exact) mass is 572 g/mol. The molecule has 220 valence electrons. The Morgan fingerprint density at radius 1 is 0.667 bits per heavy atom. The van der Waals surface area contributed by atoms with Crippen LogP contribution >= 0.6 is 0 Å². The van der Waals surface area contributed by atoms with Gasteiger partial charge in [0.2, 0.25) is 11.9 Å². The molecule has 6 rings (SSSR count). The highest BCUT2D eigenvalue weighted by Crippen LogP contribution is 2.31. The average molecular weight is 573 g/mol. The fourth-order valence-corrected chi connectivity index (χ4v) is 5.23. The van der Waals surface area contributed by atoms with Crippen LogP contribution in [0.25, 0.3) is 11.0 Å². The largest absolute Gasteiger partial charge is 0.497 e. The predicted octanol–water partition coefficient (Wildman–Crippen LogP) is 2.80. The molecule has 2 fully saturated rings. The molecule has 2 aromatic heterocycles. The first kappa shape index (κ1) is 27.7. The summed E-state index contributed by atoms with van der Waals surface area (Å²) in [6.45, 7) is 3.25. The van der Waals surface area contributed by atoms with Crippen LogP contribution in [0.1, 0.15) is 24.0 Å². The SMILES string of the molecule is COc1ccc(CNc2nc(N3CC[C@@H](O)C3)nc3c(NCc4ccc(OC)cc4)nc(N4CCC(O)C4)nc23)cc1. The first-order chi connectivity index (χ1) is 20.5. The molecule has 0 aliphatic carbocycles. The van der Waals surface area contributed by atoms with Crippen molar-refractivity contribution in [2.45, 2.75) is 38.1 Å². The average Bonchev–Trinajstić information content (AvgIpc) is 3.67. The maximum Gasteiger partial charge on any atom is 0.228 e. The number of rotatable bonds is 10. The zero-order valence-corrected chi connectivity index (χ0v) is 23.8. The molecule has 0 amide bonds. The third kappa shape index (κ3) is 6.09. The quantitative estimate of drug-likeness (QED) is 0.222. The van der Waals surface area contributed by atoms with Gasteiger partial charge in [0.05, 0.1) is 26.4 Å². The zero-order valence-electron chi connectivity index (χ0n) is 23.8. The second kappa shape index (κ2) is 12.2. The summed E-state index contributed by atoms with van der Waals surface area (Å²) in [4.78, 5) is 23.6. The molecule has 2 atom stereocenters. The summed E-state index contributed by atoms with van der Waals surface area (Å²) >= 11 is 0. The van der Waals surface area contributed by atoms with Crippen LogP contribution in [0, 0.1) is 0 Å². The van der Waals surface area contributed by atoms with Gasteiger partial charge in [0.1, 0.15) is 22.5 Å². The van der Waals surface area contributed by atoms with Gasteiger partial charge in [0, 0.05) is 39.3 Å². The third-order valence-corrected chi connectivity index (χ3v) is 7.65. The minimum Gasteiger partial charge on any atom is -0.497 e. The van der Waals surface area contributed by atoms with Crippen molar-refractivity contribution in [3.05, 3.63) is 59.7 Å². The lowest BCUT2D eigenvalue weighted by atomic mass is 10.2. The van der Waals surface area contributed by atoms with E-state index in [1.807, 2.05) is 58.3 Å². The molecule has 2 saturated heterocycles. The van der Waals surface area contributed by atoms with Gasteiger partial charge in [-0.2, -0.15) is 9.97 Å². The summed E-state index contributed by atoms with van der Waals surface area (Å²) < 4.78 is 10.6. The van der Waals surface area contributed by atoms with Gasteiger partial charge >= 0.3 is 0 Å². The van der Waals surface area contributed by atoms with Crippen molar-refractivity contribution in [3.63, 3.8) is 0 Å². The first-order valence-corrected chi connectivity index (χ1v) is 14.2. The maximum absolute atomic E-state index is 10.2. The predicted molar refractivity (Wildman–Crippen MR) is 161 cm³/mol. The molecule has 2 aliphatic rings. The number of nitrogens with zero attached hydrogens (tertiary/aromatic N) is 6. The molecule has 12 nitrogen and oxygen atoms in total. The topological polar surface area (TPSA) is 141 Å². The van der Waals surface area contributed by atoms with E-state index >= 15 is 0 Å². The molecule has 4 aromatic rings. The fraction of sp³-hybridized carbons (Fsp3) is 0.400. The summed E-state index contributed by atoms with van der Waals surface area (Å²) in [5, 5.41) is 27.4. The highest BCUT2D eigenvalue weighted by atomic mass is 16.5. The number of aliphatic hydroxyl groups excluding tert-OH is 2. The van der Waals surface area contributed by atoms with Crippen molar-refractivity contribution in [1.29, 1.82) is 0 Å². The van der Waals surface area contributed by atoms with Crippen LogP contribution in [0.5, 0.6) is 11.5 Å². The lowest BCUT2D eigenvalue weighted by Crippen LogP contribution is -2.25. The number of hydrogen-bond donors (Lipinski definition) is 4. The number of aromatic nitrogens is 4. The van der Waals surface area contributed by atoms with Crippen LogP contribution in [0.2, 0.25) is 0 Å². The van der Waals surface area contributed by atoms with E-state index in [-0.39, 0.29) is 0 Å². The van der Waals surface area contributed by atoms with Gasteiger partial charge in [-0.05, 0) is 48.2 Å². The highest BCUT2D eigenvalue weighted by molar-refractivity contribution is 5.94. The van der Waals surface area contributed by atoms with Crippen LogP contribution < -0.4 is 29.9 Å². The van der Waals surface area contributed by atoms with E-state index in [0.717, 1.165) is 22.6 Å². The Balaban J connectivity index is 1.40. The van der Waals surface area contributed by atoms with E-state index in [2.05, 4.69) is 10.6 Å². The molecule has 0 bridgehead atoms. The number of nitrogens with one attached hydrogen (secondary N) is 2. The zero-order chi connectivity index (χ0) is 29.1. The van der Waals surface area contributed by atoms with Gasteiger partial charge in [-0.25, -0.2) is 9.97 Å². The second-order valence-corrected chi connectivity index (χ2v) is 10.6. The van der Waals surface area contributed by atoms with E-state index in [9.17, 15) is 10.2 Å². The Kier molecular flexibility index (Phi) is 8.06. The van der Waals surface area contributed by atoms with Crippen LogP contribution in [0.3, 0.4) is 0 Å². The lowest BCUT2D eigenvalue weighted by molar-refractivity contribution is 0.198. The van der Waals surface area contributed by atoms with Crippen molar-refractivity contribution in [3.8, 4) is 11.5 Å². The van der Waals surface area contributed by atoms with Gasteiger partial charge < -0.3 is 40.1 Å². The van der Waals surface area contributed by atoms with Crippen molar-refractivity contribution in [2.24, 2.45) is 0 Å².